The summed E-state index contributed by atoms with van der Waals surface area (Å²) in [6.45, 7) is 6.89. The number of hydrogen-bond donors (Lipinski definition) is 4. The number of hydrazine groups is 1. The molecule has 0 atom stereocenters. The van der Waals surface area contributed by atoms with Crippen molar-refractivity contribution in [2.75, 3.05) is 0 Å². The van der Waals surface area contributed by atoms with Gasteiger partial charge in [0.05, 0.1) is 0 Å². The summed E-state index contributed by atoms with van der Waals surface area (Å²) in [5.74, 6) is 4.19. The SMILES string of the molecule is C=C(C(C)=N)C(=O)/C(O)=C(\NN)c1ccccc1CC. The summed E-state index contributed by atoms with van der Waals surface area (Å²) in [4.78, 5) is 12.0. The van der Waals surface area contributed by atoms with E-state index in [4.69, 9.17) is 11.3 Å². The molecule has 0 unspecified atom stereocenters. The van der Waals surface area contributed by atoms with Crippen molar-refractivity contribution < 1.29 is 9.90 Å². The van der Waals surface area contributed by atoms with Gasteiger partial charge in [0.2, 0.25) is 5.78 Å². The molecule has 1 aromatic rings. The molecular weight excluding hydrogens is 254 g/mol. The second-order valence-corrected chi connectivity index (χ2v) is 4.31. The second kappa shape index (κ2) is 6.68. The molecule has 0 amide bonds. The maximum Gasteiger partial charge on any atom is 0.230 e. The minimum absolute atomic E-state index is 0.00157. The Balaban J connectivity index is 3.36. The molecule has 0 saturated carbocycles. The van der Waals surface area contributed by atoms with Crippen LogP contribution in [0.1, 0.15) is 25.0 Å². The first-order valence-corrected chi connectivity index (χ1v) is 6.21. The highest BCUT2D eigenvalue weighted by atomic mass is 16.3. The Morgan fingerprint density at radius 2 is 2.05 bits per heavy atom. The average Bonchev–Trinajstić information content (AvgIpc) is 2.46. The van der Waals surface area contributed by atoms with Gasteiger partial charge in [-0.05, 0) is 18.9 Å². The maximum atomic E-state index is 12.0. The second-order valence-electron chi connectivity index (χ2n) is 4.31. The Labute approximate surface area is 118 Å². The topological polar surface area (TPSA) is 99.2 Å². The van der Waals surface area contributed by atoms with Crippen LogP contribution in [0, 0.1) is 5.41 Å². The minimum atomic E-state index is -0.712. The summed E-state index contributed by atoms with van der Waals surface area (Å²) in [5.41, 5.74) is 4.03. The van der Waals surface area contributed by atoms with Crippen molar-refractivity contribution in [3.8, 4) is 0 Å². The predicted molar refractivity (Wildman–Crippen MR) is 80.2 cm³/mol. The highest BCUT2D eigenvalue weighted by Gasteiger charge is 2.20. The summed E-state index contributed by atoms with van der Waals surface area (Å²) in [6, 6.07) is 7.31. The molecule has 1 aromatic carbocycles. The summed E-state index contributed by atoms with van der Waals surface area (Å²) in [6.07, 6.45) is 0.730. The van der Waals surface area contributed by atoms with Crippen molar-refractivity contribution in [1.82, 2.24) is 5.43 Å². The molecule has 0 heterocycles. The van der Waals surface area contributed by atoms with E-state index in [1.54, 1.807) is 12.1 Å². The number of aliphatic hydroxyl groups is 1. The molecule has 0 aliphatic heterocycles. The van der Waals surface area contributed by atoms with Crippen LogP contribution in [0.4, 0.5) is 0 Å². The molecule has 0 bridgehead atoms. The van der Waals surface area contributed by atoms with Crippen molar-refractivity contribution >= 4 is 17.2 Å². The van der Waals surface area contributed by atoms with E-state index >= 15 is 0 Å². The van der Waals surface area contributed by atoms with Gasteiger partial charge in [-0.1, -0.05) is 37.8 Å². The zero-order valence-corrected chi connectivity index (χ0v) is 11.7. The lowest BCUT2D eigenvalue weighted by molar-refractivity contribution is -0.114. The van der Waals surface area contributed by atoms with Gasteiger partial charge in [-0.2, -0.15) is 0 Å². The van der Waals surface area contributed by atoms with Crippen LogP contribution in [0.3, 0.4) is 0 Å². The summed E-state index contributed by atoms with van der Waals surface area (Å²) in [7, 11) is 0. The van der Waals surface area contributed by atoms with Gasteiger partial charge in [0, 0.05) is 16.8 Å². The fourth-order valence-corrected chi connectivity index (χ4v) is 1.77. The molecule has 0 fully saturated rings. The smallest absolute Gasteiger partial charge is 0.230 e. The molecule has 0 radical (unpaired) electrons. The van der Waals surface area contributed by atoms with Crippen molar-refractivity contribution in [1.29, 1.82) is 5.41 Å². The standard InChI is InChI=1S/C15H19N3O2/c1-4-11-7-5-6-8-12(11)13(18-17)15(20)14(19)9(2)10(3)16/h5-8,16,18,20H,2,4,17H2,1,3H3/b15-13+,16-10?. The largest absolute Gasteiger partial charge is 0.503 e. The lowest BCUT2D eigenvalue weighted by Crippen LogP contribution is -2.25. The third-order valence-electron chi connectivity index (χ3n) is 2.99. The number of carbonyl (C=O) groups excluding carboxylic acids is 1. The highest BCUT2D eigenvalue weighted by molar-refractivity contribution is 6.26. The van der Waals surface area contributed by atoms with Crippen LogP contribution in [0.5, 0.6) is 0 Å². The molecule has 20 heavy (non-hydrogen) atoms. The van der Waals surface area contributed by atoms with Crippen LogP contribution in [0.15, 0.2) is 42.2 Å². The summed E-state index contributed by atoms with van der Waals surface area (Å²) >= 11 is 0. The number of nitrogens with two attached hydrogens (primary N) is 1. The molecule has 0 saturated heterocycles. The van der Waals surface area contributed by atoms with Crippen molar-refractivity contribution in [3.63, 3.8) is 0 Å². The zero-order valence-electron chi connectivity index (χ0n) is 11.7. The van der Waals surface area contributed by atoms with Gasteiger partial charge in [0.25, 0.3) is 0 Å². The first kappa shape index (κ1) is 15.7. The number of ketones is 1. The van der Waals surface area contributed by atoms with Gasteiger partial charge in [0.15, 0.2) is 5.76 Å². The molecule has 5 N–H and O–H groups in total. The number of benzene rings is 1. The third kappa shape index (κ3) is 3.13. The third-order valence-corrected chi connectivity index (χ3v) is 2.99. The van der Waals surface area contributed by atoms with Crippen LogP contribution in [-0.4, -0.2) is 16.6 Å². The fraction of sp³-hybridized carbons (Fsp3) is 0.200. The number of nitrogens with one attached hydrogen (secondary N) is 2. The molecule has 1 rings (SSSR count). The van der Waals surface area contributed by atoms with Gasteiger partial charge in [-0.3, -0.25) is 10.6 Å². The van der Waals surface area contributed by atoms with Crippen LogP contribution in [-0.2, 0) is 11.2 Å². The fourth-order valence-electron chi connectivity index (χ4n) is 1.77. The Bertz CT molecular complexity index is 589. The molecule has 106 valence electrons. The normalized spacial score (nSPS) is 11.6. The molecule has 5 nitrogen and oxygen atoms in total. The van der Waals surface area contributed by atoms with E-state index in [9.17, 15) is 9.90 Å². The summed E-state index contributed by atoms with van der Waals surface area (Å²) in [5, 5.41) is 17.5. The number of aliphatic hydroxyl groups excluding tert-OH is 1. The van der Waals surface area contributed by atoms with Gasteiger partial charge in [-0.25, -0.2) is 0 Å². The molecule has 0 aliphatic rings. The molecule has 0 spiro atoms. The van der Waals surface area contributed by atoms with Crippen LogP contribution < -0.4 is 11.3 Å². The van der Waals surface area contributed by atoms with Gasteiger partial charge in [0.1, 0.15) is 5.70 Å². The van der Waals surface area contributed by atoms with Crippen LogP contribution in [0.25, 0.3) is 5.70 Å². The Hall–Kier alpha value is -2.40. The quantitative estimate of drug-likeness (QED) is 0.210. The maximum absolute atomic E-state index is 12.0. The number of rotatable bonds is 6. The first-order valence-electron chi connectivity index (χ1n) is 6.21. The van der Waals surface area contributed by atoms with E-state index in [-0.39, 0.29) is 17.0 Å². The number of carbonyl (C=O) groups is 1. The van der Waals surface area contributed by atoms with E-state index in [0.717, 1.165) is 12.0 Å². The van der Waals surface area contributed by atoms with E-state index in [0.29, 0.717) is 5.56 Å². The lowest BCUT2D eigenvalue weighted by Gasteiger charge is -2.13. The Morgan fingerprint density at radius 1 is 1.45 bits per heavy atom. The van der Waals surface area contributed by atoms with E-state index < -0.39 is 11.5 Å². The highest BCUT2D eigenvalue weighted by Crippen LogP contribution is 2.21. The Morgan fingerprint density at radius 3 is 2.55 bits per heavy atom. The van der Waals surface area contributed by atoms with Crippen LogP contribution in [0.2, 0.25) is 0 Å². The van der Waals surface area contributed by atoms with Crippen molar-refractivity contribution in [3.05, 3.63) is 53.3 Å². The average molecular weight is 273 g/mol. The number of allylic oxidation sites excluding steroid dienone is 1. The predicted octanol–water partition coefficient (Wildman–Crippen LogP) is 2.10. The number of aryl methyl sites for hydroxylation is 1. The van der Waals surface area contributed by atoms with E-state index in [1.165, 1.54) is 6.92 Å². The van der Waals surface area contributed by atoms with Crippen molar-refractivity contribution in [2.45, 2.75) is 20.3 Å². The van der Waals surface area contributed by atoms with Gasteiger partial charge >= 0.3 is 0 Å². The van der Waals surface area contributed by atoms with Gasteiger partial charge in [-0.15, -0.1) is 0 Å². The molecule has 0 aromatic heterocycles. The Kier molecular flexibility index (Phi) is 5.23. The molecule has 5 heteroatoms. The first-order chi connectivity index (χ1) is 9.43. The van der Waals surface area contributed by atoms with Gasteiger partial charge < -0.3 is 15.9 Å². The van der Waals surface area contributed by atoms with E-state index in [1.807, 2.05) is 19.1 Å². The summed E-state index contributed by atoms with van der Waals surface area (Å²) < 4.78 is 0. The molecule has 0 aliphatic carbocycles. The minimum Gasteiger partial charge on any atom is -0.503 e. The molecular formula is C15H19N3O2. The van der Waals surface area contributed by atoms with Crippen molar-refractivity contribution in [2.24, 2.45) is 5.84 Å². The van der Waals surface area contributed by atoms with Crippen LogP contribution >= 0.6 is 0 Å². The van der Waals surface area contributed by atoms with E-state index in [2.05, 4.69) is 12.0 Å². The monoisotopic (exact) mass is 273 g/mol. The zero-order chi connectivity index (χ0) is 15.3. The lowest BCUT2D eigenvalue weighted by atomic mass is 9.99. The number of Topliss-reactive ketones (excluding diaryl/α,β-unsaturated/α-hetero) is 1. The number of hydrogen-bond acceptors (Lipinski definition) is 5.